The minimum absolute atomic E-state index is 0.0484. The summed E-state index contributed by atoms with van der Waals surface area (Å²) in [4.78, 5) is 16.0. The Hall–Kier alpha value is -3.36. The van der Waals surface area contributed by atoms with Crippen molar-refractivity contribution >= 4 is 5.91 Å². The van der Waals surface area contributed by atoms with E-state index in [0.717, 1.165) is 16.9 Å². The lowest BCUT2D eigenvalue weighted by Gasteiger charge is -2.32. The van der Waals surface area contributed by atoms with Crippen molar-refractivity contribution in [2.75, 3.05) is 39.4 Å². The summed E-state index contributed by atoms with van der Waals surface area (Å²) in [5, 5.41) is 15.8. The molecule has 8 heteroatoms. The Labute approximate surface area is 206 Å². The Balaban J connectivity index is 1.38. The number of hydrogen-bond donors (Lipinski definition) is 1. The number of hydrogen-bond acceptors (Lipinski definition) is 6. The zero-order chi connectivity index (χ0) is 24.7. The summed E-state index contributed by atoms with van der Waals surface area (Å²) in [5.41, 5.74) is 1.02. The van der Waals surface area contributed by atoms with E-state index in [-0.39, 0.29) is 19.1 Å². The largest absolute Gasteiger partial charge is 0.492 e. The summed E-state index contributed by atoms with van der Waals surface area (Å²) >= 11 is 0. The first kappa shape index (κ1) is 24.8. The summed E-state index contributed by atoms with van der Waals surface area (Å²) in [7, 11) is 0. The molecule has 1 amide bonds. The van der Waals surface area contributed by atoms with Crippen LogP contribution < -0.4 is 9.47 Å². The molecule has 0 spiro atoms. The molecule has 1 aliphatic heterocycles. The van der Waals surface area contributed by atoms with Crippen molar-refractivity contribution in [3.8, 4) is 11.5 Å². The molecule has 1 fully saturated rings. The first-order chi connectivity index (χ1) is 16.9. The van der Waals surface area contributed by atoms with Crippen LogP contribution in [0.2, 0.25) is 0 Å². The van der Waals surface area contributed by atoms with Gasteiger partial charge in [0.1, 0.15) is 30.3 Å². The maximum Gasteiger partial charge on any atom is 0.219 e. The third-order valence-electron chi connectivity index (χ3n) is 6.04. The summed E-state index contributed by atoms with van der Waals surface area (Å²) < 4.78 is 13.7. The van der Waals surface area contributed by atoms with Crippen molar-refractivity contribution in [1.29, 1.82) is 0 Å². The van der Waals surface area contributed by atoms with E-state index < -0.39 is 5.60 Å². The first-order valence-corrected chi connectivity index (χ1v) is 12.0. The Bertz CT molecular complexity index is 1100. The zero-order valence-electron chi connectivity index (χ0n) is 20.5. The fraction of sp³-hybridized carbons (Fsp3) is 0.407. The Kier molecular flexibility index (Phi) is 8.05. The van der Waals surface area contributed by atoms with Gasteiger partial charge in [-0.3, -0.25) is 14.4 Å². The first-order valence-electron chi connectivity index (χ1n) is 12.0. The SMILES string of the molecule is CC(=O)N1CCN(Cc2cccc(OCCn3cc(C)cn3)c2)C[C@@](O)(COc2ccccc2)C1. The van der Waals surface area contributed by atoms with Gasteiger partial charge < -0.3 is 19.5 Å². The topological polar surface area (TPSA) is 80.1 Å². The highest BCUT2D eigenvalue weighted by atomic mass is 16.5. The molecular formula is C27H34N4O4. The molecule has 0 radical (unpaired) electrons. The molecule has 2 aromatic carbocycles. The van der Waals surface area contributed by atoms with Crippen LogP contribution >= 0.6 is 0 Å². The molecule has 1 aromatic heterocycles. The number of β-amino-alcohol motifs (C(OH)–C–C–N with tert-alkyl or cyclic N) is 1. The van der Waals surface area contributed by atoms with Crippen molar-refractivity contribution in [1.82, 2.24) is 19.6 Å². The zero-order valence-corrected chi connectivity index (χ0v) is 20.5. The van der Waals surface area contributed by atoms with Crippen LogP contribution in [-0.4, -0.2) is 75.6 Å². The van der Waals surface area contributed by atoms with Crippen LogP contribution in [0.4, 0.5) is 0 Å². The molecule has 0 unspecified atom stereocenters. The van der Waals surface area contributed by atoms with Gasteiger partial charge in [0, 0.05) is 39.3 Å². The summed E-state index contributed by atoms with van der Waals surface area (Å²) in [6, 6.07) is 17.4. The van der Waals surface area contributed by atoms with Crippen molar-refractivity contribution < 1.29 is 19.4 Å². The molecule has 4 rings (SSSR count). The lowest BCUT2D eigenvalue weighted by atomic mass is 10.0. The molecule has 8 nitrogen and oxygen atoms in total. The van der Waals surface area contributed by atoms with Crippen LogP contribution in [0.5, 0.6) is 11.5 Å². The summed E-state index contributed by atoms with van der Waals surface area (Å²) in [6.45, 7) is 7.36. The number of amides is 1. The van der Waals surface area contributed by atoms with Gasteiger partial charge in [0.2, 0.25) is 5.91 Å². The number of para-hydroxylation sites is 1. The molecule has 1 atom stereocenters. The van der Waals surface area contributed by atoms with E-state index in [4.69, 9.17) is 9.47 Å². The van der Waals surface area contributed by atoms with Gasteiger partial charge in [0.05, 0.1) is 19.3 Å². The van der Waals surface area contributed by atoms with Gasteiger partial charge in [-0.2, -0.15) is 5.10 Å². The minimum atomic E-state index is -1.19. The average molecular weight is 479 g/mol. The summed E-state index contributed by atoms with van der Waals surface area (Å²) in [5.74, 6) is 1.45. The number of benzene rings is 2. The highest BCUT2D eigenvalue weighted by Gasteiger charge is 2.36. The van der Waals surface area contributed by atoms with Gasteiger partial charge in [-0.1, -0.05) is 30.3 Å². The van der Waals surface area contributed by atoms with E-state index in [1.165, 1.54) is 0 Å². The monoisotopic (exact) mass is 478 g/mol. The molecular weight excluding hydrogens is 444 g/mol. The molecule has 1 saturated heterocycles. The van der Waals surface area contributed by atoms with Crippen molar-refractivity contribution in [2.24, 2.45) is 0 Å². The molecule has 35 heavy (non-hydrogen) atoms. The molecule has 0 saturated carbocycles. The van der Waals surface area contributed by atoms with Gasteiger partial charge in [0.25, 0.3) is 0 Å². The number of ether oxygens (including phenoxy) is 2. The van der Waals surface area contributed by atoms with Crippen molar-refractivity contribution in [3.63, 3.8) is 0 Å². The third-order valence-corrected chi connectivity index (χ3v) is 6.04. The highest BCUT2D eigenvalue weighted by molar-refractivity contribution is 5.73. The van der Waals surface area contributed by atoms with E-state index >= 15 is 0 Å². The Morgan fingerprint density at radius 1 is 1.06 bits per heavy atom. The van der Waals surface area contributed by atoms with E-state index in [2.05, 4.69) is 16.1 Å². The predicted octanol–water partition coefficient (Wildman–Crippen LogP) is 2.74. The minimum Gasteiger partial charge on any atom is -0.492 e. The smallest absolute Gasteiger partial charge is 0.219 e. The number of aliphatic hydroxyl groups is 1. The van der Waals surface area contributed by atoms with E-state index in [9.17, 15) is 9.90 Å². The molecule has 1 aliphatic rings. The van der Waals surface area contributed by atoms with Gasteiger partial charge in [-0.15, -0.1) is 0 Å². The number of carbonyl (C=O) groups is 1. The predicted molar refractivity (Wildman–Crippen MR) is 133 cm³/mol. The van der Waals surface area contributed by atoms with Crippen molar-refractivity contribution in [2.45, 2.75) is 32.5 Å². The van der Waals surface area contributed by atoms with E-state index in [0.29, 0.717) is 45.1 Å². The second kappa shape index (κ2) is 11.4. The van der Waals surface area contributed by atoms with E-state index in [1.54, 1.807) is 11.8 Å². The lowest BCUT2D eigenvalue weighted by Crippen LogP contribution is -2.51. The Morgan fingerprint density at radius 2 is 1.86 bits per heavy atom. The molecule has 0 bridgehead atoms. The number of carbonyl (C=O) groups excluding carboxylic acids is 1. The molecule has 0 aliphatic carbocycles. The van der Waals surface area contributed by atoms with Gasteiger partial charge in [0.15, 0.2) is 0 Å². The maximum absolute atomic E-state index is 12.2. The Morgan fingerprint density at radius 3 is 2.60 bits per heavy atom. The number of nitrogens with zero attached hydrogens (tertiary/aromatic N) is 4. The van der Waals surface area contributed by atoms with Gasteiger partial charge in [-0.05, 0) is 42.3 Å². The van der Waals surface area contributed by atoms with Gasteiger partial charge >= 0.3 is 0 Å². The lowest BCUT2D eigenvalue weighted by molar-refractivity contribution is -0.132. The molecule has 1 N–H and O–H groups in total. The number of aromatic nitrogens is 2. The standard InChI is InChI=1S/C27H34N4O4/c1-22-16-28-31(17-22)13-14-34-26-10-6-7-24(15-26)18-29-11-12-30(23(2)32)20-27(33,19-29)21-35-25-8-4-3-5-9-25/h3-10,15-17,33H,11-14,18-21H2,1-2H3/t27-/m0/s1. The van der Waals surface area contributed by atoms with Crippen LogP contribution in [0.25, 0.3) is 0 Å². The van der Waals surface area contributed by atoms with Gasteiger partial charge in [-0.25, -0.2) is 0 Å². The molecule has 2 heterocycles. The fourth-order valence-electron chi connectivity index (χ4n) is 4.31. The van der Waals surface area contributed by atoms with Crippen molar-refractivity contribution in [3.05, 3.63) is 78.1 Å². The number of rotatable bonds is 9. The number of aryl methyl sites for hydroxylation is 1. The maximum atomic E-state index is 12.2. The van der Waals surface area contributed by atoms with Crippen LogP contribution in [0.3, 0.4) is 0 Å². The fourth-order valence-corrected chi connectivity index (χ4v) is 4.31. The normalized spacial score (nSPS) is 18.8. The highest BCUT2D eigenvalue weighted by Crippen LogP contribution is 2.21. The second-order valence-corrected chi connectivity index (χ2v) is 9.25. The summed E-state index contributed by atoms with van der Waals surface area (Å²) in [6.07, 6.45) is 3.83. The third kappa shape index (κ3) is 7.31. The van der Waals surface area contributed by atoms with E-state index in [1.807, 2.05) is 72.5 Å². The van der Waals surface area contributed by atoms with Crippen LogP contribution in [0, 0.1) is 6.92 Å². The molecule has 186 valence electrons. The average Bonchev–Trinajstić information content (AvgIpc) is 3.17. The van der Waals surface area contributed by atoms with Crippen LogP contribution in [-0.2, 0) is 17.9 Å². The van der Waals surface area contributed by atoms with Crippen LogP contribution in [0.1, 0.15) is 18.1 Å². The molecule has 3 aromatic rings. The quantitative estimate of drug-likeness (QED) is 0.510. The second-order valence-electron chi connectivity index (χ2n) is 9.25. The van der Waals surface area contributed by atoms with Crippen LogP contribution in [0.15, 0.2) is 67.0 Å².